The molecule has 6 N–H and O–H groups in total. The Kier molecular flexibility index (Phi) is 17.1. The molecule has 2 aliphatic heterocycles. The number of anilines is 1. The number of amides is 4. The Morgan fingerprint density at radius 3 is 2.28 bits per heavy atom. The summed E-state index contributed by atoms with van der Waals surface area (Å²) in [5, 5.41) is 35.4. The number of aromatic nitrogens is 2. The minimum Gasteiger partial charge on any atom is -0.489 e. The molecule has 0 bridgehead atoms. The summed E-state index contributed by atoms with van der Waals surface area (Å²) in [4.78, 5) is 66.0. The van der Waals surface area contributed by atoms with Gasteiger partial charge in [0.15, 0.2) is 0 Å². The average Bonchev–Trinajstić information content (AvgIpc) is 3.95. The fourth-order valence-electron chi connectivity index (χ4n) is 10.3. The molecule has 3 fully saturated rings. The molecule has 398 valence electrons. The monoisotopic (exact) mass is 1050 g/mol. The van der Waals surface area contributed by atoms with Crippen molar-refractivity contribution < 1.29 is 51.7 Å². The Hall–Kier alpha value is -6.18. The molecule has 0 unspecified atom stereocenters. The van der Waals surface area contributed by atoms with Crippen LogP contribution in [0.3, 0.4) is 0 Å². The van der Waals surface area contributed by atoms with E-state index in [1.165, 1.54) is 17.2 Å². The molecule has 17 nitrogen and oxygen atoms in total. The maximum absolute atomic E-state index is 14.2. The van der Waals surface area contributed by atoms with E-state index >= 15 is 0 Å². The van der Waals surface area contributed by atoms with Gasteiger partial charge in [0.25, 0.3) is 5.91 Å². The van der Waals surface area contributed by atoms with Crippen LogP contribution >= 0.6 is 11.3 Å². The second-order valence-electron chi connectivity index (χ2n) is 21.5. The van der Waals surface area contributed by atoms with Gasteiger partial charge < -0.3 is 50.8 Å². The number of rotatable bonds is 20. The summed E-state index contributed by atoms with van der Waals surface area (Å²) < 4.78 is 58.0. The van der Waals surface area contributed by atoms with Crippen LogP contribution < -0.4 is 31.3 Å². The van der Waals surface area contributed by atoms with Gasteiger partial charge in [-0.2, -0.15) is 18.4 Å². The summed E-state index contributed by atoms with van der Waals surface area (Å²) in [6.07, 6.45) is -4.70. The van der Waals surface area contributed by atoms with Crippen molar-refractivity contribution in [2.75, 3.05) is 57.9 Å². The molecule has 74 heavy (non-hydrogen) atoms. The molecule has 1 saturated carbocycles. The highest BCUT2D eigenvalue weighted by atomic mass is 32.1. The molecule has 2 aromatic heterocycles. The molecule has 21 heteroatoms. The Morgan fingerprint density at radius 1 is 0.973 bits per heavy atom. The Morgan fingerprint density at radius 2 is 1.69 bits per heavy atom. The lowest BCUT2D eigenvalue weighted by Gasteiger charge is -2.63. The lowest BCUT2D eigenvalue weighted by atomic mass is 9.49. The number of hydrogen-bond acceptors (Lipinski definition) is 14. The van der Waals surface area contributed by atoms with Gasteiger partial charge in [0.1, 0.15) is 36.4 Å². The molecule has 4 atom stereocenters. The molecule has 2 aromatic carbocycles. The van der Waals surface area contributed by atoms with Gasteiger partial charge in [-0.1, -0.05) is 72.7 Å². The number of likely N-dealkylation sites (tertiary alicyclic amines) is 1. The van der Waals surface area contributed by atoms with Crippen LogP contribution in [0.4, 0.5) is 19.0 Å². The third kappa shape index (κ3) is 12.7. The van der Waals surface area contributed by atoms with Crippen LogP contribution in [0.25, 0.3) is 10.4 Å². The van der Waals surface area contributed by atoms with Crippen LogP contribution in [0.5, 0.6) is 5.75 Å². The predicted molar refractivity (Wildman–Crippen MR) is 271 cm³/mol. The van der Waals surface area contributed by atoms with Crippen LogP contribution in [-0.4, -0.2) is 127 Å². The highest BCUT2D eigenvalue weighted by molar-refractivity contribution is 7.13. The summed E-state index contributed by atoms with van der Waals surface area (Å²) in [7, 11) is 0. The molecule has 2 saturated heterocycles. The number of aliphatic hydroxyl groups is 1. The van der Waals surface area contributed by atoms with E-state index in [2.05, 4.69) is 36.6 Å². The number of halogens is 3. The Labute approximate surface area is 433 Å². The number of benzene rings is 2. The van der Waals surface area contributed by atoms with Crippen LogP contribution in [0.15, 0.2) is 66.3 Å². The van der Waals surface area contributed by atoms with Crippen molar-refractivity contribution in [3.63, 3.8) is 0 Å². The number of thiazole rings is 1. The highest BCUT2D eigenvalue weighted by Crippen LogP contribution is 2.56. The largest absolute Gasteiger partial charge is 0.489 e. The second-order valence-corrected chi connectivity index (χ2v) is 22.3. The maximum atomic E-state index is 14.2. The summed E-state index contributed by atoms with van der Waals surface area (Å²) >= 11 is 1.56. The van der Waals surface area contributed by atoms with Gasteiger partial charge in [-0.25, -0.2) is 9.97 Å². The van der Waals surface area contributed by atoms with Crippen LogP contribution in [0, 0.1) is 40.4 Å². The van der Waals surface area contributed by atoms with Crippen LogP contribution in [-0.2, 0) is 30.0 Å². The van der Waals surface area contributed by atoms with Crippen molar-refractivity contribution in [2.24, 2.45) is 22.2 Å². The third-order valence-electron chi connectivity index (χ3n) is 14.1. The van der Waals surface area contributed by atoms with E-state index < -0.39 is 81.6 Å². The van der Waals surface area contributed by atoms with Gasteiger partial charge in [0, 0.05) is 61.6 Å². The molecular formula is C53H66F3N9O8S. The van der Waals surface area contributed by atoms with E-state index in [1.807, 2.05) is 85.2 Å². The lowest BCUT2D eigenvalue weighted by molar-refractivity contribution is -0.164. The Balaban J connectivity index is 0.820. The number of β-amino-alcohol motifs (C(OH)–C–C–N with tert-alkyl or cyclic N) is 1. The van der Waals surface area contributed by atoms with Crippen molar-refractivity contribution in [2.45, 2.75) is 104 Å². The summed E-state index contributed by atoms with van der Waals surface area (Å²) in [6.45, 7) is 17.1. The third-order valence-corrected chi connectivity index (χ3v) is 15.0. The smallest absolute Gasteiger partial charge is 0.417 e. The van der Waals surface area contributed by atoms with E-state index in [1.54, 1.807) is 29.5 Å². The summed E-state index contributed by atoms with van der Waals surface area (Å²) in [5.41, 5.74) is 1.35. The number of nitriles is 1. The number of hydrogen-bond donors (Lipinski definition) is 6. The minimum atomic E-state index is -4.72. The lowest BCUT2D eigenvalue weighted by Crippen LogP contribution is -2.74. The predicted octanol–water partition coefficient (Wildman–Crippen LogP) is 6.03. The first-order valence-corrected chi connectivity index (χ1v) is 25.5. The fraction of sp³-hybridized carbons (Fsp3) is 0.528. The van der Waals surface area contributed by atoms with Gasteiger partial charge >= 0.3 is 6.18 Å². The topological polar surface area (TPSA) is 229 Å². The summed E-state index contributed by atoms with van der Waals surface area (Å²) in [6, 6.07) is 13.4. The highest BCUT2D eigenvalue weighted by Gasteiger charge is 2.64. The van der Waals surface area contributed by atoms with E-state index in [0.29, 0.717) is 44.2 Å². The normalized spacial score (nSPS) is 21.0. The number of carbonyl (C=O) groups excluding carboxylic acids is 4. The number of carbonyl (C=O) groups is 4. The van der Waals surface area contributed by atoms with Crippen molar-refractivity contribution in [3.8, 4) is 22.3 Å². The maximum Gasteiger partial charge on any atom is 0.417 e. The van der Waals surface area contributed by atoms with Crippen molar-refractivity contribution >= 4 is 40.8 Å². The molecule has 4 amide bonds. The zero-order chi connectivity index (χ0) is 53.8. The van der Waals surface area contributed by atoms with E-state index in [-0.39, 0.29) is 49.8 Å². The first kappa shape index (κ1) is 55.6. The van der Waals surface area contributed by atoms with E-state index in [9.17, 15) is 37.5 Å². The minimum absolute atomic E-state index is 0.0178. The van der Waals surface area contributed by atoms with Crippen LogP contribution in [0.1, 0.15) is 93.7 Å². The Bertz CT molecular complexity index is 2670. The summed E-state index contributed by atoms with van der Waals surface area (Å²) in [5.74, 6) is -1.19. The molecular weight excluding hydrogens is 980 g/mol. The quantitative estimate of drug-likeness (QED) is 0.0557. The molecule has 4 aromatic rings. The molecule has 1 aliphatic carbocycles. The molecule has 0 spiro atoms. The number of pyridine rings is 1. The van der Waals surface area contributed by atoms with Gasteiger partial charge in [-0.3, -0.25) is 19.2 Å². The number of ether oxygens (including phenoxy) is 3. The zero-order valence-electron chi connectivity index (χ0n) is 42.9. The van der Waals surface area contributed by atoms with Crippen molar-refractivity contribution in [1.82, 2.24) is 36.1 Å². The standard InChI is InChI=1S/C53H66F3N9O8S/c1-30-43(74-29-61-30)32-11-9-31(10-12-32)42(35-26-72-27-35)63-46(69)39-21-36(66)25-65(39)47(70)44(50(2,3)4)62-41(67)28-71-20-19-58-17-18-59-40-16-14-34(24-60-40)45(68)64-48-51(5,6)49(52(48,7)8)73-37-15-13-33(23-57)38(22-37)53(54,55)56/h9-16,22,24,29,35-36,39,42,44,48-49,58,66H,17-21,25-28H2,1-8H3,(H,59,60)(H,62,67)(H,63,69)(H,64,68)/t36-,39+,42-,44-,48?,49?/m1/s1. The van der Waals surface area contributed by atoms with Gasteiger partial charge in [0.05, 0.1) is 70.8 Å². The number of aryl methyl sites for hydroxylation is 1. The number of nitrogens with zero attached hydrogens (tertiary/aromatic N) is 4. The number of alkyl halides is 3. The first-order valence-electron chi connectivity index (χ1n) is 24.6. The number of nitrogens with one attached hydrogen (secondary N) is 5. The first-order chi connectivity index (χ1) is 34.9. The zero-order valence-corrected chi connectivity index (χ0v) is 43.7. The fourth-order valence-corrected chi connectivity index (χ4v) is 11.1. The van der Waals surface area contributed by atoms with Gasteiger partial charge in [0.2, 0.25) is 17.7 Å². The molecule has 7 rings (SSSR count). The van der Waals surface area contributed by atoms with Gasteiger partial charge in [-0.05, 0) is 53.8 Å². The van der Waals surface area contributed by atoms with Crippen molar-refractivity contribution in [3.05, 3.63) is 94.3 Å². The average molecular weight is 1050 g/mol. The molecule has 4 heterocycles. The molecule has 0 radical (unpaired) electrons. The van der Waals surface area contributed by atoms with Crippen LogP contribution in [0.2, 0.25) is 0 Å². The second kappa shape index (κ2) is 22.7. The SMILES string of the molecule is Cc1ncsc1-c1ccc([C@@H](NC(=O)[C@@H]2C[C@@H](O)CN2C(=O)[C@@H](NC(=O)COCCNCCNc2ccc(C(=O)NC3C(C)(C)C(Oc4ccc(C#N)c(C(F)(F)F)c4)C3(C)C)cn2)C(C)(C)C)C2COC2)cc1. The molecule has 3 aliphatic rings. The number of aliphatic hydroxyl groups excluding tert-OH is 1. The van der Waals surface area contributed by atoms with Gasteiger partial charge in [-0.15, -0.1) is 11.3 Å². The van der Waals surface area contributed by atoms with E-state index in [4.69, 9.17) is 19.5 Å². The van der Waals surface area contributed by atoms with Crippen molar-refractivity contribution in [1.29, 1.82) is 5.26 Å². The van der Waals surface area contributed by atoms with E-state index in [0.717, 1.165) is 33.8 Å².